The zero-order valence-electron chi connectivity index (χ0n) is 15.4. The van der Waals surface area contributed by atoms with E-state index in [1.807, 2.05) is 0 Å². The summed E-state index contributed by atoms with van der Waals surface area (Å²) in [7, 11) is -0.965. The van der Waals surface area contributed by atoms with Gasteiger partial charge in [0.1, 0.15) is 17.7 Å². The van der Waals surface area contributed by atoms with Gasteiger partial charge in [-0.25, -0.2) is 17.1 Å². The minimum Gasteiger partial charge on any atom is -0.324 e. The van der Waals surface area contributed by atoms with Crippen LogP contribution in [0.5, 0.6) is 0 Å². The third kappa shape index (κ3) is 3.98. The average Bonchev–Trinajstić information content (AvgIpc) is 3.13. The molecule has 150 valence electrons. The van der Waals surface area contributed by atoms with Gasteiger partial charge in [-0.3, -0.25) is 9.59 Å². The van der Waals surface area contributed by atoms with Crippen molar-refractivity contribution in [2.24, 2.45) is 0 Å². The van der Waals surface area contributed by atoms with Gasteiger partial charge < -0.3 is 9.47 Å². The summed E-state index contributed by atoms with van der Waals surface area (Å²) in [6.07, 6.45) is 1.16. The number of aromatic nitrogens is 1. The van der Waals surface area contributed by atoms with E-state index in [1.165, 1.54) is 42.9 Å². The highest BCUT2D eigenvalue weighted by atomic mass is 32.2. The topological polar surface area (TPSA) is 79.7 Å². The standard InChI is InChI=1S/C18H20FN3O4S2/c1-20(2)28(25,26)13-7-8-16(23)21(11-13)12-17(24)22-9-10-27-18(22)14-5-3-4-6-15(14)19/h3-8,11,18H,9-10,12H2,1-2H3/t18-/m0/s1. The SMILES string of the molecule is CN(C)S(=O)(=O)c1ccc(=O)n(CC(=O)N2CCS[C@H]2c2ccccc2F)c1. The van der Waals surface area contributed by atoms with Gasteiger partial charge in [0.15, 0.2) is 0 Å². The number of pyridine rings is 1. The van der Waals surface area contributed by atoms with E-state index in [2.05, 4.69) is 0 Å². The second-order valence-corrected chi connectivity index (χ2v) is 9.79. The molecule has 1 atom stereocenters. The van der Waals surface area contributed by atoms with Crippen molar-refractivity contribution in [3.05, 3.63) is 64.3 Å². The van der Waals surface area contributed by atoms with Crippen molar-refractivity contribution >= 4 is 27.7 Å². The average molecular weight is 426 g/mol. The fourth-order valence-corrected chi connectivity index (χ4v) is 5.11. The molecule has 1 fully saturated rings. The molecule has 1 amide bonds. The molecule has 28 heavy (non-hydrogen) atoms. The van der Waals surface area contributed by atoms with Crippen LogP contribution in [0.15, 0.2) is 52.3 Å². The predicted octanol–water partition coefficient (Wildman–Crippen LogP) is 1.51. The summed E-state index contributed by atoms with van der Waals surface area (Å²) in [5.41, 5.74) is -0.0741. The van der Waals surface area contributed by atoms with E-state index in [4.69, 9.17) is 0 Å². The Morgan fingerprint density at radius 2 is 1.96 bits per heavy atom. The molecule has 1 aromatic carbocycles. The highest BCUT2D eigenvalue weighted by Gasteiger charge is 2.32. The summed E-state index contributed by atoms with van der Waals surface area (Å²) in [6.45, 7) is 0.105. The number of carbonyl (C=O) groups excluding carboxylic acids is 1. The number of nitrogens with zero attached hydrogens (tertiary/aromatic N) is 3. The highest BCUT2D eigenvalue weighted by Crippen LogP contribution is 2.39. The molecule has 0 saturated carbocycles. The predicted molar refractivity (Wildman–Crippen MR) is 105 cm³/mol. The van der Waals surface area contributed by atoms with E-state index in [0.717, 1.165) is 21.1 Å². The van der Waals surface area contributed by atoms with Crippen LogP contribution >= 0.6 is 11.8 Å². The fourth-order valence-electron chi connectivity index (χ4n) is 2.89. The number of thioether (sulfide) groups is 1. The van der Waals surface area contributed by atoms with Crippen molar-refractivity contribution in [3.63, 3.8) is 0 Å². The Kier molecular flexibility index (Phi) is 5.92. The molecule has 2 aromatic rings. The van der Waals surface area contributed by atoms with Crippen molar-refractivity contribution in [3.8, 4) is 0 Å². The Morgan fingerprint density at radius 1 is 1.25 bits per heavy atom. The highest BCUT2D eigenvalue weighted by molar-refractivity contribution is 7.99. The summed E-state index contributed by atoms with van der Waals surface area (Å²) in [4.78, 5) is 26.4. The quantitative estimate of drug-likeness (QED) is 0.726. The number of carbonyl (C=O) groups is 1. The maximum Gasteiger partial charge on any atom is 0.251 e. The Balaban J connectivity index is 1.87. The van der Waals surface area contributed by atoms with E-state index >= 15 is 0 Å². The first-order valence-corrected chi connectivity index (χ1v) is 11.0. The van der Waals surface area contributed by atoms with Crippen LogP contribution in [0.4, 0.5) is 4.39 Å². The van der Waals surface area contributed by atoms with Crippen molar-refractivity contribution in [2.45, 2.75) is 16.8 Å². The Hall–Kier alpha value is -2.17. The van der Waals surface area contributed by atoms with Crippen LogP contribution in [0.1, 0.15) is 10.9 Å². The van der Waals surface area contributed by atoms with Gasteiger partial charge in [-0.1, -0.05) is 18.2 Å². The molecule has 2 heterocycles. The molecule has 0 radical (unpaired) electrons. The lowest BCUT2D eigenvalue weighted by atomic mass is 10.2. The van der Waals surface area contributed by atoms with Crippen molar-refractivity contribution in [2.75, 3.05) is 26.4 Å². The smallest absolute Gasteiger partial charge is 0.251 e. The molecule has 0 aliphatic carbocycles. The molecule has 0 unspecified atom stereocenters. The lowest BCUT2D eigenvalue weighted by molar-refractivity contribution is -0.132. The third-order valence-corrected chi connectivity index (χ3v) is 7.46. The fraction of sp³-hybridized carbons (Fsp3) is 0.333. The molecule has 1 aromatic heterocycles. The molecular formula is C18H20FN3O4S2. The Morgan fingerprint density at radius 3 is 2.64 bits per heavy atom. The van der Waals surface area contributed by atoms with Gasteiger partial charge in [0, 0.05) is 44.2 Å². The summed E-state index contributed by atoms with van der Waals surface area (Å²) in [5, 5.41) is -0.474. The zero-order valence-corrected chi connectivity index (χ0v) is 17.0. The largest absolute Gasteiger partial charge is 0.324 e. The number of amides is 1. The van der Waals surface area contributed by atoms with E-state index in [-0.39, 0.29) is 17.3 Å². The Bertz CT molecular complexity index is 1050. The lowest BCUT2D eigenvalue weighted by Crippen LogP contribution is -2.36. The van der Waals surface area contributed by atoms with Gasteiger partial charge in [-0.15, -0.1) is 11.8 Å². The molecule has 10 heteroatoms. The maximum absolute atomic E-state index is 14.2. The minimum absolute atomic E-state index is 0.0775. The number of rotatable bonds is 5. The van der Waals surface area contributed by atoms with Crippen LogP contribution in [-0.2, 0) is 21.4 Å². The van der Waals surface area contributed by atoms with Gasteiger partial charge in [0.25, 0.3) is 5.56 Å². The van der Waals surface area contributed by atoms with Crippen molar-refractivity contribution in [1.29, 1.82) is 0 Å². The molecule has 1 aliphatic rings. The summed E-state index contributed by atoms with van der Waals surface area (Å²) < 4.78 is 40.8. The normalized spacial score (nSPS) is 17.3. The van der Waals surface area contributed by atoms with Gasteiger partial charge in [0.2, 0.25) is 15.9 Å². The number of hydrogen-bond acceptors (Lipinski definition) is 5. The van der Waals surface area contributed by atoms with Gasteiger partial charge in [0.05, 0.1) is 4.90 Å². The third-order valence-electron chi connectivity index (χ3n) is 4.42. The summed E-state index contributed by atoms with van der Waals surface area (Å²) in [5.74, 6) is -0.120. The zero-order chi connectivity index (χ0) is 20.5. The van der Waals surface area contributed by atoms with Crippen LogP contribution in [0.25, 0.3) is 0 Å². The summed E-state index contributed by atoms with van der Waals surface area (Å²) in [6, 6.07) is 8.61. The van der Waals surface area contributed by atoms with E-state index in [1.54, 1.807) is 18.2 Å². The van der Waals surface area contributed by atoms with Gasteiger partial charge in [-0.05, 0) is 12.1 Å². The molecule has 0 spiro atoms. The summed E-state index contributed by atoms with van der Waals surface area (Å²) >= 11 is 1.45. The molecule has 1 saturated heterocycles. The van der Waals surface area contributed by atoms with E-state index in [9.17, 15) is 22.4 Å². The lowest BCUT2D eigenvalue weighted by Gasteiger charge is -2.25. The van der Waals surface area contributed by atoms with Gasteiger partial charge in [-0.2, -0.15) is 0 Å². The van der Waals surface area contributed by atoms with Crippen LogP contribution in [0, 0.1) is 5.82 Å². The number of hydrogen-bond donors (Lipinski definition) is 0. The van der Waals surface area contributed by atoms with Crippen LogP contribution < -0.4 is 5.56 Å². The molecule has 1 aliphatic heterocycles. The second kappa shape index (κ2) is 8.06. The molecule has 7 nitrogen and oxygen atoms in total. The number of halogens is 1. The first-order chi connectivity index (χ1) is 13.2. The molecule has 0 bridgehead atoms. The minimum atomic E-state index is -3.74. The molecule has 0 N–H and O–H groups in total. The first kappa shape index (κ1) is 20.6. The Labute approximate surface area is 166 Å². The number of sulfonamides is 1. The molecular weight excluding hydrogens is 405 g/mol. The van der Waals surface area contributed by atoms with Gasteiger partial charge >= 0.3 is 0 Å². The van der Waals surface area contributed by atoms with Crippen LogP contribution in [-0.4, -0.2) is 54.5 Å². The maximum atomic E-state index is 14.2. The first-order valence-electron chi connectivity index (χ1n) is 8.50. The van der Waals surface area contributed by atoms with Crippen LogP contribution in [0.3, 0.4) is 0 Å². The number of benzene rings is 1. The molecule has 3 rings (SSSR count). The van der Waals surface area contributed by atoms with E-state index in [0.29, 0.717) is 17.9 Å². The van der Waals surface area contributed by atoms with Crippen LogP contribution in [0.2, 0.25) is 0 Å². The van der Waals surface area contributed by atoms with E-state index < -0.39 is 26.8 Å². The monoisotopic (exact) mass is 425 g/mol. The second-order valence-electron chi connectivity index (χ2n) is 6.45. The van der Waals surface area contributed by atoms with Crippen molar-refractivity contribution < 1.29 is 17.6 Å². The van der Waals surface area contributed by atoms with Crippen molar-refractivity contribution in [1.82, 2.24) is 13.8 Å².